The number of piperidine rings is 1. The first kappa shape index (κ1) is 14.2. The van der Waals surface area contributed by atoms with E-state index in [9.17, 15) is 0 Å². The molecule has 1 aliphatic heterocycles. The zero-order valence-corrected chi connectivity index (χ0v) is 12.4. The minimum Gasteiger partial charge on any atom is -0.497 e. The zero-order chi connectivity index (χ0) is 13.9. The van der Waals surface area contributed by atoms with E-state index >= 15 is 0 Å². The number of anilines is 1. The maximum absolute atomic E-state index is 5.70. The van der Waals surface area contributed by atoms with E-state index in [1.54, 1.807) is 7.11 Å². The second-order valence-electron chi connectivity index (χ2n) is 6.10. The maximum Gasteiger partial charge on any atom is 0.120 e. The van der Waals surface area contributed by atoms with Crippen molar-refractivity contribution in [3.63, 3.8) is 0 Å². The van der Waals surface area contributed by atoms with E-state index < -0.39 is 0 Å². The van der Waals surface area contributed by atoms with E-state index in [2.05, 4.69) is 36.9 Å². The Balaban J connectivity index is 2.16. The standard InChI is InChI=1S/C16H26N2O/c1-16(2)12-13(7-9-17)8-10-18(16)14-5-4-6-15(11-14)19-3/h4-6,11,13H,7-10,12,17H2,1-3H3. The van der Waals surface area contributed by atoms with Crippen LogP contribution in [0.3, 0.4) is 0 Å². The number of rotatable bonds is 4. The van der Waals surface area contributed by atoms with Crippen molar-refractivity contribution in [2.45, 2.75) is 38.6 Å². The molecule has 106 valence electrons. The number of nitrogens with two attached hydrogens (primary N) is 1. The van der Waals surface area contributed by atoms with Gasteiger partial charge in [-0.25, -0.2) is 0 Å². The zero-order valence-electron chi connectivity index (χ0n) is 12.4. The second kappa shape index (κ2) is 5.83. The highest BCUT2D eigenvalue weighted by Crippen LogP contribution is 2.37. The van der Waals surface area contributed by atoms with Crippen LogP contribution in [0.5, 0.6) is 5.75 Å². The molecule has 1 atom stereocenters. The Labute approximate surface area is 116 Å². The Bertz CT molecular complexity index is 417. The van der Waals surface area contributed by atoms with Gasteiger partial charge in [0.2, 0.25) is 0 Å². The summed E-state index contributed by atoms with van der Waals surface area (Å²) in [4.78, 5) is 2.50. The average molecular weight is 262 g/mol. The van der Waals surface area contributed by atoms with E-state index in [-0.39, 0.29) is 5.54 Å². The van der Waals surface area contributed by atoms with Gasteiger partial charge < -0.3 is 15.4 Å². The Morgan fingerprint density at radius 2 is 2.21 bits per heavy atom. The highest BCUT2D eigenvalue weighted by atomic mass is 16.5. The molecule has 0 aliphatic carbocycles. The minimum absolute atomic E-state index is 0.185. The largest absolute Gasteiger partial charge is 0.497 e. The molecule has 19 heavy (non-hydrogen) atoms. The lowest BCUT2D eigenvalue weighted by molar-refractivity contribution is 0.264. The van der Waals surface area contributed by atoms with Gasteiger partial charge in [-0.2, -0.15) is 0 Å². The van der Waals surface area contributed by atoms with Crippen LogP contribution in [0.15, 0.2) is 24.3 Å². The lowest BCUT2D eigenvalue weighted by Crippen LogP contribution is -2.50. The van der Waals surface area contributed by atoms with Crippen molar-refractivity contribution in [1.82, 2.24) is 0 Å². The smallest absolute Gasteiger partial charge is 0.120 e. The van der Waals surface area contributed by atoms with Crippen LogP contribution in [0.2, 0.25) is 0 Å². The molecule has 0 saturated carbocycles. The monoisotopic (exact) mass is 262 g/mol. The summed E-state index contributed by atoms with van der Waals surface area (Å²) in [5, 5.41) is 0. The van der Waals surface area contributed by atoms with Crippen molar-refractivity contribution < 1.29 is 4.74 Å². The van der Waals surface area contributed by atoms with E-state index in [1.807, 2.05) is 6.07 Å². The maximum atomic E-state index is 5.70. The molecule has 0 bridgehead atoms. The number of ether oxygens (including phenoxy) is 1. The normalized spacial score (nSPS) is 22.3. The molecule has 1 unspecified atom stereocenters. The second-order valence-corrected chi connectivity index (χ2v) is 6.10. The van der Waals surface area contributed by atoms with Gasteiger partial charge in [-0.15, -0.1) is 0 Å². The van der Waals surface area contributed by atoms with Crippen molar-refractivity contribution in [2.75, 3.05) is 25.1 Å². The molecule has 1 aliphatic rings. The lowest BCUT2D eigenvalue weighted by Gasteiger charge is -2.47. The number of hydrogen-bond acceptors (Lipinski definition) is 3. The van der Waals surface area contributed by atoms with Crippen LogP contribution in [0, 0.1) is 5.92 Å². The van der Waals surface area contributed by atoms with Gasteiger partial charge in [-0.05, 0) is 57.7 Å². The molecule has 1 heterocycles. The third-order valence-electron chi connectivity index (χ3n) is 4.22. The first-order valence-electron chi connectivity index (χ1n) is 7.18. The average Bonchev–Trinajstić information content (AvgIpc) is 2.38. The van der Waals surface area contributed by atoms with Crippen LogP contribution < -0.4 is 15.4 Å². The quantitative estimate of drug-likeness (QED) is 0.906. The predicted molar refractivity (Wildman–Crippen MR) is 80.8 cm³/mol. The summed E-state index contributed by atoms with van der Waals surface area (Å²) in [6.07, 6.45) is 3.59. The van der Waals surface area contributed by atoms with Gasteiger partial charge in [0.15, 0.2) is 0 Å². The molecule has 3 heteroatoms. The summed E-state index contributed by atoms with van der Waals surface area (Å²) in [5.41, 5.74) is 7.15. The SMILES string of the molecule is COc1cccc(N2CCC(CCN)CC2(C)C)c1. The number of methoxy groups -OCH3 is 1. The van der Waals surface area contributed by atoms with Crippen molar-refractivity contribution in [3.8, 4) is 5.75 Å². The van der Waals surface area contributed by atoms with E-state index in [0.717, 1.165) is 31.2 Å². The van der Waals surface area contributed by atoms with E-state index in [1.165, 1.54) is 18.5 Å². The van der Waals surface area contributed by atoms with Gasteiger partial charge in [0.05, 0.1) is 7.11 Å². The molecule has 1 fully saturated rings. The third kappa shape index (κ3) is 3.21. The van der Waals surface area contributed by atoms with E-state index in [0.29, 0.717) is 0 Å². The van der Waals surface area contributed by atoms with Gasteiger partial charge in [-0.1, -0.05) is 6.07 Å². The Kier molecular flexibility index (Phi) is 4.35. The van der Waals surface area contributed by atoms with Crippen molar-refractivity contribution in [1.29, 1.82) is 0 Å². The fraction of sp³-hybridized carbons (Fsp3) is 0.625. The molecule has 0 aromatic heterocycles. The molecule has 1 aromatic rings. The fourth-order valence-electron chi connectivity index (χ4n) is 3.27. The van der Waals surface area contributed by atoms with Gasteiger partial charge in [-0.3, -0.25) is 0 Å². The van der Waals surface area contributed by atoms with Crippen LogP contribution in [-0.4, -0.2) is 25.7 Å². The van der Waals surface area contributed by atoms with Gasteiger partial charge in [0.1, 0.15) is 5.75 Å². The molecule has 1 saturated heterocycles. The summed E-state index contributed by atoms with van der Waals surface area (Å²) < 4.78 is 5.33. The molecule has 3 nitrogen and oxygen atoms in total. The van der Waals surface area contributed by atoms with Crippen LogP contribution in [0.25, 0.3) is 0 Å². The minimum atomic E-state index is 0.185. The lowest BCUT2D eigenvalue weighted by atomic mass is 9.80. The first-order chi connectivity index (χ1) is 9.06. The van der Waals surface area contributed by atoms with Crippen molar-refractivity contribution >= 4 is 5.69 Å². The molecular formula is C16H26N2O. The third-order valence-corrected chi connectivity index (χ3v) is 4.22. The molecule has 0 radical (unpaired) electrons. The predicted octanol–water partition coefficient (Wildman–Crippen LogP) is 3.04. The van der Waals surface area contributed by atoms with Gasteiger partial charge in [0.25, 0.3) is 0 Å². The molecule has 1 aromatic carbocycles. The fourth-order valence-corrected chi connectivity index (χ4v) is 3.27. The van der Waals surface area contributed by atoms with E-state index in [4.69, 9.17) is 10.5 Å². The van der Waals surface area contributed by atoms with Gasteiger partial charge in [0, 0.05) is 23.8 Å². The Hall–Kier alpha value is -1.22. The summed E-state index contributed by atoms with van der Waals surface area (Å²) in [7, 11) is 1.72. The molecule has 2 rings (SSSR count). The molecule has 2 N–H and O–H groups in total. The topological polar surface area (TPSA) is 38.5 Å². The molecule has 0 spiro atoms. The Morgan fingerprint density at radius 3 is 2.84 bits per heavy atom. The number of hydrogen-bond donors (Lipinski definition) is 1. The highest BCUT2D eigenvalue weighted by molar-refractivity contribution is 5.53. The van der Waals surface area contributed by atoms with Crippen molar-refractivity contribution in [2.24, 2.45) is 11.7 Å². The Morgan fingerprint density at radius 1 is 1.42 bits per heavy atom. The van der Waals surface area contributed by atoms with Crippen LogP contribution in [0.1, 0.15) is 33.1 Å². The molecular weight excluding hydrogens is 236 g/mol. The van der Waals surface area contributed by atoms with Crippen LogP contribution >= 0.6 is 0 Å². The molecule has 0 amide bonds. The van der Waals surface area contributed by atoms with Crippen LogP contribution in [-0.2, 0) is 0 Å². The van der Waals surface area contributed by atoms with Gasteiger partial charge >= 0.3 is 0 Å². The summed E-state index contributed by atoms with van der Waals surface area (Å²) in [6, 6.07) is 8.37. The number of benzene rings is 1. The summed E-state index contributed by atoms with van der Waals surface area (Å²) in [6.45, 7) is 6.56. The first-order valence-corrected chi connectivity index (χ1v) is 7.18. The van der Waals surface area contributed by atoms with Crippen molar-refractivity contribution in [3.05, 3.63) is 24.3 Å². The summed E-state index contributed by atoms with van der Waals surface area (Å²) >= 11 is 0. The number of nitrogens with zero attached hydrogens (tertiary/aromatic N) is 1. The summed E-state index contributed by atoms with van der Waals surface area (Å²) in [5.74, 6) is 1.69. The highest BCUT2D eigenvalue weighted by Gasteiger charge is 2.34. The van der Waals surface area contributed by atoms with Crippen LogP contribution in [0.4, 0.5) is 5.69 Å².